The van der Waals surface area contributed by atoms with Gasteiger partial charge in [-0.3, -0.25) is 9.69 Å². The molecule has 1 aliphatic carbocycles. The molecule has 5 nitrogen and oxygen atoms in total. The van der Waals surface area contributed by atoms with Gasteiger partial charge < -0.3 is 10.1 Å². The lowest BCUT2D eigenvalue weighted by atomic mass is 9.97. The van der Waals surface area contributed by atoms with Crippen LogP contribution in [0.25, 0.3) is 5.57 Å². The smallest absolute Gasteiger partial charge is 0.254 e. The third-order valence-electron chi connectivity index (χ3n) is 5.33. The van der Waals surface area contributed by atoms with Crippen LogP contribution < -0.4 is 5.56 Å². The van der Waals surface area contributed by atoms with E-state index in [1.807, 2.05) is 6.07 Å². The lowest BCUT2D eigenvalue weighted by molar-refractivity contribution is 0.139. The van der Waals surface area contributed by atoms with Crippen molar-refractivity contribution in [3.8, 4) is 0 Å². The average molecular weight is 337 g/mol. The van der Waals surface area contributed by atoms with Crippen molar-refractivity contribution in [1.82, 2.24) is 14.9 Å². The molecule has 2 aliphatic rings. The summed E-state index contributed by atoms with van der Waals surface area (Å²) in [5, 5.41) is 10.4. The highest BCUT2D eigenvalue weighted by Crippen LogP contribution is 2.27. The molecule has 2 aromatic rings. The van der Waals surface area contributed by atoms with Gasteiger partial charge in [-0.1, -0.05) is 36.4 Å². The highest BCUT2D eigenvalue weighted by atomic mass is 16.3. The number of hydrogen-bond acceptors (Lipinski definition) is 4. The minimum Gasteiger partial charge on any atom is -0.391 e. The van der Waals surface area contributed by atoms with Gasteiger partial charge in [0.15, 0.2) is 0 Å². The number of aliphatic hydroxyl groups is 1. The van der Waals surface area contributed by atoms with Crippen molar-refractivity contribution < 1.29 is 5.11 Å². The first-order valence-electron chi connectivity index (χ1n) is 8.91. The zero-order valence-electron chi connectivity index (χ0n) is 14.2. The maximum atomic E-state index is 11.8. The summed E-state index contributed by atoms with van der Waals surface area (Å²) in [5.74, 6) is 0.300. The van der Waals surface area contributed by atoms with E-state index in [9.17, 15) is 9.90 Å². The van der Waals surface area contributed by atoms with Gasteiger partial charge in [0.25, 0.3) is 5.56 Å². The van der Waals surface area contributed by atoms with E-state index in [1.165, 1.54) is 11.9 Å². The Morgan fingerprint density at radius 1 is 1.24 bits per heavy atom. The molecule has 0 amide bonds. The largest absolute Gasteiger partial charge is 0.391 e. The summed E-state index contributed by atoms with van der Waals surface area (Å²) in [6, 6.07) is 10.4. The van der Waals surface area contributed by atoms with Gasteiger partial charge in [0.1, 0.15) is 0 Å². The molecule has 1 aliphatic heterocycles. The molecule has 0 bridgehead atoms. The molecule has 1 aromatic carbocycles. The van der Waals surface area contributed by atoms with Crippen molar-refractivity contribution in [2.24, 2.45) is 5.92 Å². The number of benzene rings is 1. The minimum atomic E-state index is -0.280. The molecule has 25 heavy (non-hydrogen) atoms. The second kappa shape index (κ2) is 6.94. The topological polar surface area (TPSA) is 69.2 Å². The third kappa shape index (κ3) is 3.43. The van der Waals surface area contributed by atoms with E-state index >= 15 is 0 Å². The molecule has 130 valence electrons. The van der Waals surface area contributed by atoms with Crippen LogP contribution in [-0.4, -0.2) is 45.7 Å². The summed E-state index contributed by atoms with van der Waals surface area (Å²) < 4.78 is 0. The molecule has 1 aromatic heterocycles. The molecule has 1 fully saturated rings. The van der Waals surface area contributed by atoms with Gasteiger partial charge >= 0.3 is 0 Å². The molecule has 2 heterocycles. The van der Waals surface area contributed by atoms with Gasteiger partial charge in [0.05, 0.1) is 18.1 Å². The van der Waals surface area contributed by atoms with E-state index in [4.69, 9.17) is 0 Å². The lowest BCUT2D eigenvalue weighted by Crippen LogP contribution is -2.24. The van der Waals surface area contributed by atoms with E-state index in [1.54, 1.807) is 0 Å². The third-order valence-corrected chi connectivity index (χ3v) is 5.33. The number of aromatic nitrogens is 2. The lowest BCUT2D eigenvalue weighted by Gasteiger charge is -2.16. The van der Waals surface area contributed by atoms with Crippen molar-refractivity contribution in [3.63, 3.8) is 0 Å². The van der Waals surface area contributed by atoms with Crippen LogP contribution in [0.15, 0.2) is 47.5 Å². The van der Waals surface area contributed by atoms with Crippen LogP contribution in [0.2, 0.25) is 0 Å². The Morgan fingerprint density at radius 2 is 2.08 bits per heavy atom. The van der Waals surface area contributed by atoms with Crippen LogP contribution in [-0.2, 0) is 12.8 Å². The predicted octanol–water partition coefficient (Wildman–Crippen LogP) is 1.63. The number of likely N-dealkylation sites (tertiary alicyclic amines) is 1. The fourth-order valence-corrected chi connectivity index (χ4v) is 3.95. The standard InChI is InChI=1S/C20H23N3O2/c24-18-12-23(10-15(18)7-6-14-4-2-1-3-5-14)11-16-8-9-17-19(16)21-13-22-20(17)25/h1-5,8,13,15,18,24H,6-7,9-12H2,(H,21,22,25)/t15-,18-/m0/s1. The molecule has 5 heteroatoms. The van der Waals surface area contributed by atoms with Crippen molar-refractivity contribution in [1.29, 1.82) is 0 Å². The average Bonchev–Trinajstić information content (AvgIpc) is 3.19. The van der Waals surface area contributed by atoms with Gasteiger partial charge in [-0.05, 0) is 36.3 Å². The summed E-state index contributed by atoms with van der Waals surface area (Å²) in [6.07, 6.45) is 5.94. The number of rotatable bonds is 5. The Labute approximate surface area is 147 Å². The van der Waals surface area contributed by atoms with Crippen LogP contribution in [0.5, 0.6) is 0 Å². The van der Waals surface area contributed by atoms with E-state index in [0.29, 0.717) is 18.9 Å². The Morgan fingerprint density at radius 3 is 2.92 bits per heavy atom. The van der Waals surface area contributed by atoms with Crippen LogP contribution >= 0.6 is 0 Å². The predicted molar refractivity (Wildman–Crippen MR) is 97.2 cm³/mol. The second-order valence-corrected chi connectivity index (χ2v) is 7.04. The number of nitrogens with zero attached hydrogens (tertiary/aromatic N) is 2. The van der Waals surface area contributed by atoms with Crippen molar-refractivity contribution in [3.05, 3.63) is 69.9 Å². The maximum absolute atomic E-state index is 11.8. The highest BCUT2D eigenvalue weighted by Gasteiger charge is 2.32. The molecule has 0 saturated carbocycles. The van der Waals surface area contributed by atoms with Crippen LogP contribution in [0.1, 0.15) is 23.2 Å². The summed E-state index contributed by atoms with van der Waals surface area (Å²) in [7, 11) is 0. The summed E-state index contributed by atoms with van der Waals surface area (Å²) >= 11 is 0. The van der Waals surface area contributed by atoms with E-state index in [0.717, 1.165) is 42.8 Å². The monoisotopic (exact) mass is 337 g/mol. The number of fused-ring (bicyclic) bond motifs is 1. The van der Waals surface area contributed by atoms with E-state index < -0.39 is 0 Å². The Hall–Kier alpha value is -2.24. The summed E-state index contributed by atoms with van der Waals surface area (Å²) in [6.45, 7) is 2.33. The zero-order valence-corrected chi connectivity index (χ0v) is 14.2. The van der Waals surface area contributed by atoms with Crippen molar-refractivity contribution in [2.75, 3.05) is 19.6 Å². The number of hydrogen-bond donors (Lipinski definition) is 2. The quantitative estimate of drug-likeness (QED) is 0.870. The molecule has 4 rings (SSSR count). The fraction of sp³-hybridized carbons (Fsp3) is 0.400. The molecule has 2 atom stereocenters. The van der Waals surface area contributed by atoms with Gasteiger partial charge in [-0.2, -0.15) is 0 Å². The number of H-pyrrole nitrogens is 1. The molecule has 0 unspecified atom stereocenters. The Bertz CT molecular complexity index is 828. The second-order valence-electron chi connectivity index (χ2n) is 7.04. The van der Waals surface area contributed by atoms with Crippen molar-refractivity contribution in [2.45, 2.75) is 25.4 Å². The molecule has 1 saturated heterocycles. The number of allylic oxidation sites excluding steroid dienone is 1. The van der Waals surface area contributed by atoms with Crippen LogP contribution in [0.3, 0.4) is 0 Å². The van der Waals surface area contributed by atoms with Gasteiger partial charge in [0, 0.05) is 25.2 Å². The molecule has 0 radical (unpaired) electrons. The number of β-amino-alcohol motifs (C(OH)–C–C–N with tert-alkyl or cyclic N) is 1. The van der Waals surface area contributed by atoms with Gasteiger partial charge in [-0.15, -0.1) is 0 Å². The van der Waals surface area contributed by atoms with E-state index in [2.05, 4.69) is 45.2 Å². The highest BCUT2D eigenvalue weighted by molar-refractivity contribution is 5.70. The van der Waals surface area contributed by atoms with Crippen LogP contribution in [0.4, 0.5) is 0 Å². The summed E-state index contributed by atoms with van der Waals surface area (Å²) in [5.41, 5.74) is 3.98. The van der Waals surface area contributed by atoms with Crippen LogP contribution in [0, 0.1) is 5.92 Å². The van der Waals surface area contributed by atoms with Gasteiger partial charge in [-0.25, -0.2) is 4.98 Å². The SMILES string of the molecule is O=c1[nH]cnc2c1CC=C2CN1C[C@H](CCc2ccccc2)[C@@H](O)C1. The Kier molecular flexibility index (Phi) is 4.51. The number of aryl methyl sites for hydroxylation is 1. The van der Waals surface area contributed by atoms with Crippen molar-refractivity contribution >= 4 is 5.57 Å². The van der Waals surface area contributed by atoms with E-state index in [-0.39, 0.29) is 11.7 Å². The normalized spacial score (nSPS) is 22.8. The molecule has 0 spiro atoms. The maximum Gasteiger partial charge on any atom is 0.254 e. The molecular weight excluding hydrogens is 314 g/mol. The number of aliphatic hydroxyl groups excluding tert-OH is 1. The van der Waals surface area contributed by atoms with Gasteiger partial charge in [0.2, 0.25) is 0 Å². The number of nitrogens with one attached hydrogen (secondary N) is 1. The number of aromatic amines is 1. The molecular formula is C20H23N3O2. The first-order valence-corrected chi connectivity index (χ1v) is 8.91. The summed E-state index contributed by atoms with van der Waals surface area (Å²) in [4.78, 5) is 21.1. The fourth-order valence-electron chi connectivity index (χ4n) is 3.95. The zero-order chi connectivity index (χ0) is 17.2. The minimum absolute atomic E-state index is 0.0431. The Balaban J connectivity index is 1.36. The first-order chi connectivity index (χ1) is 12.2. The first kappa shape index (κ1) is 16.2. The molecule has 2 N–H and O–H groups in total.